The number of hydrogen-bond donors (Lipinski definition) is 2. The van der Waals surface area contributed by atoms with Crippen LogP contribution in [0.15, 0.2) is 72.8 Å². The van der Waals surface area contributed by atoms with Gasteiger partial charge in [0.25, 0.3) is 23.6 Å². The van der Waals surface area contributed by atoms with Gasteiger partial charge in [0.05, 0.1) is 0 Å². The Balaban J connectivity index is 1.12. The van der Waals surface area contributed by atoms with Gasteiger partial charge < -0.3 is 20.4 Å². The summed E-state index contributed by atoms with van der Waals surface area (Å²) in [5.41, 5.74) is 3.20. The number of hydrogen-bond acceptors (Lipinski definition) is 4. The van der Waals surface area contributed by atoms with Gasteiger partial charge in [0.2, 0.25) is 0 Å². The van der Waals surface area contributed by atoms with E-state index in [4.69, 9.17) is 0 Å². The minimum Gasteiger partial charge on any atom is -0.339 e. The van der Waals surface area contributed by atoms with Crippen LogP contribution in [0.3, 0.4) is 0 Å². The van der Waals surface area contributed by atoms with Gasteiger partial charge in [-0.25, -0.2) is 0 Å². The Morgan fingerprint density at radius 1 is 0.500 bits per heavy atom. The van der Waals surface area contributed by atoms with Crippen LogP contribution in [0.1, 0.15) is 81.0 Å². The molecule has 0 atom stereocenters. The summed E-state index contributed by atoms with van der Waals surface area (Å²) < 4.78 is 0. The number of benzene rings is 3. The molecular weight excluding hydrogens is 528 g/mol. The van der Waals surface area contributed by atoms with Gasteiger partial charge in [-0.05, 0) is 110 Å². The lowest BCUT2D eigenvalue weighted by atomic mass is 9.98. The molecular formula is C34H38N4O4. The van der Waals surface area contributed by atoms with Crippen molar-refractivity contribution in [2.45, 2.75) is 39.5 Å². The summed E-state index contributed by atoms with van der Waals surface area (Å²) in [5, 5.41) is 5.69. The average Bonchev–Trinajstić information content (AvgIpc) is 3.02. The first-order valence-electron chi connectivity index (χ1n) is 14.8. The van der Waals surface area contributed by atoms with Crippen LogP contribution in [0, 0.1) is 11.8 Å². The van der Waals surface area contributed by atoms with E-state index in [1.54, 1.807) is 72.8 Å². The van der Waals surface area contributed by atoms with E-state index in [0.29, 0.717) is 45.5 Å². The van der Waals surface area contributed by atoms with E-state index in [0.717, 1.165) is 51.9 Å². The van der Waals surface area contributed by atoms with Crippen LogP contribution in [-0.4, -0.2) is 59.6 Å². The molecule has 8 heteroatoms. The molecule has 2 saturated heterocycles. The Morgan fingerprint density at radius 3 is 1.10 bits per heavy atom. The monoisotopic (exact) mass is 566 g/mol. The number of amides is 4. The van der Waals surface area contributed by atoms with Crippen LogP contribution in [0.5, 0.6) is 0 Å². The summed E-state index contributed by atoms with van der Waals surface area (Å²) in [6.07, 6.45) is 4.09. The Kier molecular flexibility index (Phi) is 9.00. The normalized spacial score (nSPS) is 16.1. The maximum atomic E-state index is 12.8. The molecule has 0 bridgehead atoms. The van der Waals surface area contributed by atoms with E-state index in [1.165, 1.54) is 0 Å². The van der Waals surface area contributed by atoms with E-state index in [2.05, 4.69) is 24.5 Å². The molecule has 2 fully saturated rings. The Labute approximate surface area is 247 Å². The highest BCUT2D eigenvalue weighted by Gasteiger charge is 2.22. The summed E-state index contributed by atoms with van der Waals surface area (Å²) in [6, 6.07) is 20.2. The summed E-state index contributed by atoms with van der Waals surface area (Å²) in [4.78, 5) is 54.9. The van der Waals surface area contributed by atoms with Crippen LogP contribution in [-0.2, 0) is 0 Å². The molecule has 2 aliphatic rings. The highest BCUT2D eigenvalue weighted by Crippen LogP contribution is 2.21. The Hall–Kier alpha value is -4.46. The second-order valence-electron chi connectivity index (χ2n) is 11.6. The number of rotatable bonds is 6. The number of anilines is 2. The maximum absolute atomic E-state index is 12.8. The fourth-order valence-corrected chi connectivity index (χ4v) is 5.36. The summed E-state index contributed by atoms with van der Waals surface area (Å²) >= 11 is 0. The smallest absolute Gasteiger partial charge is 0.255 e. The van der Waals surface area contributed by atoms with E-state index in [1.807, 2.05) is 9.80 Å². The van der Waals surface area contributed by atoms with Gasteiger partial charge in [-0.2, -0.15) is 0 Å². The van der Waals surface area contributed by atoms with Gasteiger partial charge in [0.15, 0.2) is 0 Å². The first kappa shape index (κ1) is 29.0. The Morgan fingerprint density at radius 2 is 0.786 bits per heavy atom. The number of carbonyl (C=O) groups excluding carboxylic acids is 4. The van der Waals surface area contributed by atoms with Crippen molar-refractivity contribution in [3.05, 3.63) is 95.1 Å². The van der Waals surface area contributed by atoms with Crippen LogP contribution >= 0.6 is 0 Å². The van der Waals surface area contributed by atoms with Crippen molar-refractivity contribution < 1.29 is 19.2 Å². The fraction of sp³-hybridized carbons (Fsp3) is 0.353. The third-order valence-electron chi connectivity index (χ3n) is 8.33. The number of nitrogens with zero attached hydrogens (tertiary/aromatic N) is 2. The Bertz CT molecular complexity index is 1310. The zero-order valence-electron chi connectivity index (χ0n) is 24.3. The van der Waals surface area contributed by atoms with Gasteiger partial charge in [0.1, 0.15) is 0 Å². The number of nitrogens with one attached hydrogen (secondary N) is 2. The summed E-state index contributed by atoms with van der Waals surface area (Å²) in [7, 11) is 0. The van der Waals surface area contributed by atoms with Crippen LogP contribution < -0.4 is 10.6 Å². The largest absolute Gasteiger partial charge is 0.339 e. The second kappa shape index (κ2) is 13.0. The zero-order valence-corrected chi connectivity index (χ0v) is 24.3. The third kappa shape index (κ3) is 7.05. The lowest BCUT2D eigenvalue weighted by Gasteiger charge is -2.30. The first-order chi connectivity index (χ1) is 20.3. The quantitative estimate of drug-likeness (QED) is 0.386. The number of carbonyl (C=O) groups is 4. The zero-order chi connectivity index (χ0) is 29.6. The number of likely N-dealkylation sites (tertiary alicyclic amines) is 2. The SMILES string of the molecule is CC1CCN(C(=O)c2ccc(NC(=O)c3ccc(C(=O)Nc4ccc(C(=O)N5CCC(C)CC5)cc4)cc3)cc2)CC1. The standard InChI is InChI=1S/C34H38N4O4/c1-23-15-19-37(20-16-23)33(41)27-7-11-29(12-8-27)35-31(39)25-3-5-26(6-4-25)32(40)36-30-13-9-28(10-14-30)34(42)38-21-17-24(2)18-22-38/h3-14,23-24H,15-22H2,1-2H3,(H,35,39)(H,36,40). The van der Waals surface area contributed by atoms with E-state index < -0.39 is 0 Å². The van der Waals surface area contributed by atoms with Gasteiger partial charge >= 0.3 is 0 Å². The predicted octanol–water partition coefficient (Wildman–Crippen LogP) is 5.94. The molecule has 2 heterocycles. The predicted molar refractivity (Wildman–Crippen MR) is 164 cm³/mol. The first-order valence-corrected chi connectivity index (χ1v) is 14.8. The maximum Gasteiger partial charge on any atom is 0.255 e. The van der Waals surface area contributed by atoms with E-state index in [-0.39, 0.29) is 23.6 Å². The average molecular weight is 567 g/mol. The molecule has 42 heavy (non-hydrogen) atoms. The van der Waals surface area contributed by atoms with Gasteiger partial charge in [-0.15, -0.1) is 0 Å². The van der Waals surface area contributed by atoms with Gasteiger partial charge in [-0.3, -0.25) is 19.2 Å². The fourth-order valence-electron chi connectivity index (χ4n) is 5.36. The molecule has 0 aromatic heterocycles. The molecule has 5 rings (SSSR count). The molecule has 3 aromatic carbocycles. The van der Waals surface area contributed by atoms with E-state index in [9.17, 15) is 19.2 Å². The van der Waals surface area contributed by atoms with Crippen LogP contribution in [0.2, 0.25) is 0 Å². The highest BCUT2D eigenvalue weighted by molar-refractivity contribution is 6.07. The van der Waals surface area contributed by atoms with Crippen molar-refractivity contribution in [3.8, 4) is 0 Å². The number of piperidine rings is 2. The summed E-state index contributed by atoms with van der Waals surface area (Å²) in [5.74, 6) is 0.720. The van der Waals surface area contributed by atoms with Crippen LogP contribution in [0.4, 0.5) is 11.4 Å². The molecule has 0 saturated carbocycles. The molecule has 218 valence electrons. The molecule has 8 nitrogen and oxygen atoms in total. The molecule has 2 N–H and O–H groups in total. The van der Waals surface area contributed by atoms with Gasteiger partial charge in [-0.1, -0.05) is 13.8 Å². The van der Waals surface area contributed by atoms with Gasteiger partial charge in [0, 0.05) is 59.8 Å². The van der Waals surface area contributed by atoms with Crippen LogP contribution in [0.25, 0.3) is 0 Å². The minimum atomic E-state index is -0.311. The van der Waals surface area contributed by atoms with Crippen molar-refractivity contribution in [3.63, 3.8) is 0 Å². The molecule has 2 aliphatic heterocycles. The molecule has 0 spiro atoms. The topological polar surface area (TPSA) is 98.8 Å². The molecule has 0 radical (unpaired) electrons. The molecule has 4 amide bonds. The lowest BCUT2D eigenvalue weighted by Crippen LogP contribution is -2.37. The lowest BCUT2D eigenvalue weighted by molar-refractivity contribution is 0.0689. The molecule has 0 unspecified atom stereocenters. The summed E-state index contributed by atoms with van der Waals surface area (Å²) in [6.45, 7) is 7.53. The second-order valence-corrected chi connectivity index (χ2v) is 11.6. The van der Waals surface area contributed by atoms with Crippen molar-refractivity contribution in [1.29, 1.82) is 0 Å². The highest BCUT2D eigenvalue weighted by atomic mass is 16.2. The van der Waals surface area contributed by atoms with Crippen molar-refractivity contribution >= 4 is 35.0 Å². The van der Waals surface area contributed by atoms with Crippen molar-refractivity contribution in [1.82, 2.24) is 9.80 Å². The van der Waals surface area contributed by atoms with Crippen molar-refractivity contribution in [2.75, 3.05) is 36.8 Å². The molecule has 3 aromatic rings. The van der Waals surface area contributed by atoms with Crippen molar-refractivity contribution in [2.24, 2.45) is 11.8 Å². The molecule has 0 aliphatic carbocycles. The van der Waals surface area contributed by atoms with E-state index >= 15 is 0 Å². The minimum absolute atomic E-state index is 0.0187. The third-order valence-corrected chi connectivity index (χ3v) is 8.33.